The Bertz CT molecular complexity index is 598. The molecule has 0 amide bonds. The summed E-state index contributed by atoms with van der Waals surface area (Å²) in [5.41, 5.74) is 9.46. The third kappa shape index (κ3) is 2.33. The van der Waals surface area contributed by atoms with Crippen molar-refractivity contribution >= 4 is 23.6 Å². The molecule has 2 aromatic rings. The van der Waals surface area contributed by atoms with Gasteiger partial charge in [-0.25, -0.2) is 0 Å². The summed E-state index contributed by atoms with van der Waals surface area (Å²) in [7, 11) is 0. The number of nitrogens with zero attached hydrogens (tertiary/aromatic N) is 3. The molecule has 5 heteroatoms. The van der Waals surface area contributed by atoms with Gasteiger partial charge in [0.25, 0.3) is 5.78 Å². The van der Waals surface area contributed by atoms with Crippen LogP contribution in [0.5, 0.6) is 0 Å². The zero-order chi connectivity index (χ0) is 12.3. The zero-order valence-electron chi connectivity index (χ0n) is 8.75. The maximum Gasteiger partial charge on any atom is 0.328 e. The summed E-state index contributed by atoms with van der Waals surface area (Å²) in [6.45, 7) is 0. The van der Waals surface area contributed by atoms with Crippen LogP contribution in [0, 0.1) is 0 Å². The van der Waals surface area contributed by atoms with E-state index in [9.17, 15) is 4.79 Å². The van der Waals surface area contributed by atoms with E-state index in [4.69, 9.17) is 17.1 Å². The average molecular weight is 246 g/mol. The number of ketones is 1. The first-order valence-electron chi connectivity index (χ1n) is 4.87. The van der Waals surface area contributed by atoms with Gasteiger partial charge in [0, 0.05) is 17.4 Å². The summed E-state index contributed by atoms with van der Waals surface area (Å²) in [5, 5.41) is 0.454. The number of halogens is 1. The van der Waals surface area contributed by atoms with Gasteiger partial charge in [0.05, 0.1) is 11.3 Å². The molecule has 0 radical (unpaired) electrons. The smallest absolute Gasteiger partial charge is 0.328 e. The first-order valence-corrected chi connectivity index (χ1v) is 5.25. The maximum absolute atomic E-state index is 11.7. The highest BCUT2D eigenvalue weighted by atomic mass is 35.5. The Labute approximate surface area is 103 Å². The fourth-order valence-electron chi connectivity index (χ4n) is 1.55. The lowest BCUT2D eigenvalue weighted by atomic mass is 10.1. The van der Waals surface area contributed by atoms with E-state index in [-0.39, 0.29) is 0 Å². The fourth-order valence-corrected chi connectivity index (χ4v) is 1.72. The lowest BCUT2D eigenvalue weighted by molar-refractivity contribution is 0.00234. The predicted molar refractivity (Wildman–Crippen MR) is 64.8 cm³/mol. The van der Waals surface area contributed by atoms with Crippen LogP contribution in [0.1, 0.15) is 10.4 Å². The molecule has 0 saturated carbocycles. The number of hydrogen-bond acceptors (Lipinski definition) is 1. The lowest BCUT2D eigenvalue weighted by Crippen LogP contribution is -2.06. The van der Waals surface area contributed by atoms with Crippen molar-refractivity contribution in [2.75, 3.05) is 0 Å². The predicted octanol–water partition coefficient (Wildman–Crippen LogP) is 2.61. The molecule has 84 valence electrons. The van der Waals surface area contributed by atoms with Gasteiger partial charge in [0.2, 0.25) is 0 Å². The highest BCUT2D eigenvalue weighted by Crippen LogP contribution is 2.20. The lowest BCUT2D eigenvalue weighted by Gasteiger charge is -2.07. The molecule has 0 spiro atoms. The van der Waals surface area contributed by atoms with Crippen LogP contribution in [0.4, 0.5) is 0 Å². The van der Waals surface area contributed by atoms with Crippen molar-refractivity contribution in [3.63, 3.8) is 0 Å². The molecule has 1 heterocycles. The van der Waals surface area contributed by atoms with Crippen molar-refractivity contribution in [3.05, 3.63) is 58.8 Å². The van der Waals surface area contributed by atoms with Crippen LogP contribution in [0.15, 0.2) is 42.7 Å². The molecule has 0 N–H and O–H groups in total. The van der Waals surface area contributed by atoms with E-state index in [1.54, 1.807) is 22.8 Å². The molecule has 0 aliphatic rings. The Balaban J connectivity index is 2.60. The zero-order valence-corrected chi connectivity index (χ0v) is 9.50. The van der Waals surface area contributed by atoms with E-state index >= 15 is 0 Å². The largest absolute Gasteiger partial charge is 0.361 e. The van der Waals surface area contributed by atoms with Crippen molar-refractivity contribution in [1.29, 1.82) is 0 Å². The molecule has 4 nitrogen and oxygen atoms in total. The topological polar surface area (TPSA) is 58.4 Å². The number of carbonyl (C=O) groups excluding carboxylic acids is 1. The first kappa shape index (κ1) is 11.3. The number of Topliss-reactive ketones (excluding diaryl/α,β-unsaturated/α-hetero) is 1. The van der Waals surface area contributed by atoms with Crippen LogP contribution in [0.25, 0.3) is 11.2 Å². The van der Waals surface area contributed by atoms with E-state index in [1.807, 2.05) is 24.5 Å². The van der Waals surface area contributed by atoms with Crippen molar-refractivity contribution < 1.29 is 9.58 Å². The van der Waals surface area contributed by atoms with Gasteiger partial charge in [-0.05, 0) is 30.3 Å². The summed E-state index contributed by atoms with van der Waals surface area (Å²) in [4.78, 5) is 14.5. The van der Waals surface area contributed by atoms with Gasteiger partial charge in [0.15, 0.2) is 0 Å². The second kappa shape index (κ2) is 4.78. The Morgan fingerprint density at radius 2 is 2.06 bits per heavy atom. The first-order chi connectivity index (χ1) is 8.22. The monoisotopic (exact) mass is 245 g/mol. The normalized spacial score (nSPS) is 9.71. The van der Waals surface area contributed by atoms with Crippen LogP contribution in [0.3, 0.4) is 0 Å². The van der Waals surface area contributed by atoms with Gasteiger partial charge in [-0.2, -0.15) is 4.79 Å². The number of aromatic nitrogens is 1. The molecule has 2 rings (SSSR count). The summed E-state index contributed by atoms with van der Waals surface area (Å²) >= 11 is 5.85. The second-order valence-electron chi connectivity index (χ2n) is 3.36. The Morgan fingerprint density at radius 3 is 2.71 bits per heavy atom. The highest BCUT2D eigenvalue weighted by Gasteiger charge is 2.14. The SMILES string of the molecule is [N-]=[N+]=CC(=O)c1cc(Cl)ccc1-n1cccc1. The molecule has 0 aliphatic heterocycles. The fraction of sp³-hybridized carbons (Fsp3) is 0. The van der Waals surface area contributed by atoms with Gasteiger partial charge < -0.3 is 10.1 Å². The van der Waals surface area contributed by atoms with Crippen LogP contribution in [0.2, 0.25) is 5.02 Å². The van der Waals surface area contributed by atoms with Crippen LogP contribution in [-0.2, 0) is 0 Å². The molecule has 0 unspecified atom stereocenters. The minimum atomic E-state index is -0.404. The van der Waals surface area contributed by atoms with Crippen molar-refractivity contribution in [2.24, 2.45) is 0 Å². The van der Waals surface area contributed by atoms with Gasteiger partial charge >= 0.3 is 6.21 Å². The van der Waals surface area contributed by atoms with Gasteiger partial charge in [-0.15, -0.1) is 0 Å². The number of benzene rings is 1. The second-order valence-corrected chi connectivity index (χ2v) is 3.80. The highest BCUT2D eigenvalue weighted by molar-refractivity contribution is 6.36. The average Bonchev–Trinajstić information content (AvgIpc) is 2.82. The van der Waals surface area contributed by atoms with E-state index in [1.165, 1.54) is 0 Å². The van der Waals surface area contributed by atoms with Crippen LogP contribution >= 0.6 is 11.6 Å². The van der Waals surface area contributed by atoms with E-state index in [0.717, 1.165) is 6.21 Å². The van der Waals surface area contributed by atoms with Crippen molar-refractivity contribution in [2.45, 2.75) is 0 Å². The minimum absolute atomic E-state index is 0.381. The molecule has 0 atom stereocenters. The van der Waals surface area contributed by atoms with Gasteiger partial charge in [-0.3, -0.25) is 4.79 Å². The van der Waals surface area contributed by atoms with Crippen LogP contribution in [-0.4, -0.2) is 21.4 Å². The summed E-state index contributed by atoms with van der Waals surface area (Å²) < 4.78 is 1.79. The van der Waals surface area contributed by atoms with Crippen molar-refractivity contribution in [1.82, 2.24) is 4.57 Å². The standard InChI is InChI=1S/C12H8ClN3O/c13-9-3-4-11(16-5-1-2-6-16)10(7-9)12(17)8-15-14/h1-8H. The van der Waals surface area contributed by atoms with E-state index < -0.39 is 5.78 Å². The molecular weight excluding hydrogens is 238 g/mol. The minimum Gasteiger partial charge on any atom is -0.361 e. The number of hydrogen-bond donors (Lipinski definition) is 0. The molecule has 0 saturated heterocycles. The quantitative estimate of drug-likeness (QED) is 0.355. The Kier molecular flexibility index (Phi) is 3.19. The van der Waals surface area contributed by atoms with E-state index in [0.29, 0.717) is 16.3 Å². The molecule has 17 heavy (non-hydrogen) atoms. The summed E-state index contributed by atoms with van der Waals surface area (Å²) in [5.74, 6) is -0.404. The molecule has 1 aromatic carbocycles. The van der Waals surface area contributed by atoms with Crippen LogP contribution < -0.4 is 0 Å². The number of rotatable bonds is 3. The maximum atomic E-state index is 11.7. The summed E-state index contributed by atoms with van der Waals surface area (Å²) in [6.07, 6.45) is 4.48. The van der Waals surface area contributed by atoms with Crippen molar-refractivity contribution in [3.8, 4) is 5.69 Å². The number of carbonyl (C=O) groups is 1. The molecule has 0 fully saturated rings. The van der Waals surface area contributed by atoms with Gasteiger partial charge in [-0.1, -0.05) is 11.6 Å². The van der Waals surface area contributed by atoms with E-state index in [2.05, 4.69) is 4.79 Å². The molecule has 0 bridgehead atoms. The van der Waals surface area contributed by atoms with Gasteiger partial charge in [0.1, 0.15) is 0 Å². The summed E-state index contributed by atoms with van der Waals surface area (Å²) in [6, 6.07) is 8.68. The molecule has 0 aliphatic carbocycles. The molecular formula is C12H8ClN3O. The Hall–Kier alpha value is -2.16. The molecule has 1 aromatic heterocycles. The third-order valence-electron chi connectivity index (χ3n) is 2.28. The third-order valence-corrected chi connectivity index (χ3v) is 2.52. The Morgan fingerprint density at radius 1 is 1.35 bits per heavy atom.